The molecule has 0 saturated carbocycles. The van der Waals surface area contributed by atoms with Crippen LogP contribution in [0.1, 0.15) is 53.4 Å². The van der Waals surface area contributed by atoms with Gasteiger partial charge in [-0.2, -0.15) is 0 Å². The maximum atomic E-state index is 13.9. The monoisotopic (exact) mass is 653 g/mol. The Labute approximate surface area is 268 Å². The number of esters is 1. The van der Waals surface area contributed by atoms with Gasteiger partial charge in [0.25, 0.3) is 5.91 Å². The molecular weight excluding hydrogens is 618 g/mol. The van der Waals surface area contributed by atoms with Crippen LogP contribution in [0, 0.1) is 0 Å². The number of anilines is 1. The third kappa shape index (κ3) is 7.59. The molecule has 3 aromatic carbocycles. The summed E-state index contributed by atoms with van der Waals surface area (Å²) in [6, 6.07) is 16.0. The van der Waals surface area contributed by atoms with Crippen LogP contribution in [0.3, 0.4) is 0 Å². The fraction of sp³-hybridized carbons (Fsp3) is 0.364. The molecule has 1 N–H and O–H groups in total. The van der Waals surface area contributed by atoms with Crippen LogP contribution in [0.15, 0.2) is 65.6 Å². The lowest BCUT2D eigenvalue weighted by Crippen LogP contribution is -2.46. The van der Waals surface area contributed by atoms with Crippen molar-refractivity contribution in [2.24, 2.45) is 0 Å². The fourth-order valence-corrected chi connectivity index (χ4v) is 6.58. The number of rotatable bonds is 8. The van der Waals surface area contributed by atoms with Gasteiger partial charge in [0.15, 0.2) is 9.84 Å². The van der Waals surface area contributed by atoms with E-state index in [9.17, 15) is 22.8 Å². The molecule has 45 heavy (non-hydrogen) atoms. The standard InChI is InChI=1S/C33H36ClN3O7S/c1-33(2,3)44-32(40)37-18-23-17-26(34)28(25-13-14-36(20-37)29(23)25)30(38)35-27(31(39)43-19-21-9-6-5-7-10-21)16-22-11-8-12-24(15-22)45(4,41)42/h5-12,15,17,27H,13-14,16,18-20H2,1-4H3,(H,35,38). The van der Waals surface area contributed by atoms with Gasteiger partial charge < -0.3 is 19.7 Å². The molecule has 2 aliphatic rings. The normalized spacial score (nSPS) is 14.9. The number of carbonyl (C=O) groups excluding carboxylic acids is 3. The summed E-state index contributed by atoms with van der Waals surface area (Å²) >= 11 is 6.73. The Morgan fingerprint density at radius 3 is 2.42 bits per heavy atom. The minimum atomic E-state index is -3.49. The summed E-state index contributed by atoms with van der Waals surface area (Å²) in [7, 11) is -3.49. The van der Waals surface area contributed by atoms with Crippen LogP contribution >= 0.6 is 11.6 Å². The number of sulfone groups is 1. The second-order valence-corrected chi connectivity index (χ2v) is 14.7. The Balaban J connectivity index is 1.41. The van der Waals surface area contributed by atoms with E-state index in [1.807, 2.05) is 56.0 Å². The predicted octanol–water partition coefficient (Wildman–Crippen LogP) is 4.90. The van der Waals surface area contributed by atoms with E-state index in [0.29, 0.717) is 25.2 Å². The first-order chi connectivity index (χ1) is 21.2. The molecule has 0 aliphatic carbocycles. The van der Waals surface area contributed by atoms with Crippen LogP contribution < -0.4 is 10.2 Å². The van der Waals surface area contributed by atoms with Gasteiger partial charge in [0.2, 0.25) is 0 Å². The van der Waals surface area contributed by atoms with E-state index in [1.54, 1.807) is 23.1 Å². The van der Waals surface area contributed by atoms with Crippen molar-refractivity contribution in [1.82, 2.24) is 10.2 Å². The summed E-state index contributed by atoms with van der Waals surface area (Å²) in [5.41, 5.74) is 3.34. The summed E-state index contributed by atoms with van der Waals surface area (Å²) in [5.74, 6) is -1.22. The van der Waals surface area contributed by atoms with E-state index in [1.165, 1.54) is 12.1 Å². The molecule has 5 rings (SSSR count). The van der Waals surface area contributed by atoms with Gasteiger partial charge in [-0.3, -0.25) is 9.69 Å². The van der Waals surface area contributed by atoms with Gasteiger partial charge in [-0.05, 0) is 67.6 Å². The predicted molar refractivity (Wildman–Crippen MR) is 170 cm³/mol. The number of hydrogen-bond acceptors (Lipinski definition) is 8. The zero-order valence-electron chi connectivity index (χ0n) is 25.6. The summed E-state index contributed by atoms with van der Waals surface area (Å²) in [4.78, 5) is 43.8. The molecule has 2 amide bonds. The number of nitrogens with zero attached hydrogens (tertiary/aromatic N) is 2. The molecule has 1 unspecified atom stereocenters. The van der Waals surface area contributed by atoms with Gasteiger partial charge >= 0.3 is 12.1 Å². The Bertz CT molecular complexity index is 1740. The molecule has 12 heteroatoms. The second-order valence-electron chi connectivity index (χ2n) is 12.3. The van der Waals surface area contributed by atoms with Crippen LogP contribution in [0.25, 0.3) is 0 Å². The van der Waals surface area contributed by atoms with Crippen molar-refractivity contribution in [2.45, 2.75) is 63.3 Å². The van der Waals surface area contributed by atoms with Gasteiger partial charge in [0.05, 0.1) is 28.7 Å². The van der Waals surface area contributed by atoms with E-state index >= 15 is 0 Å². The molecule has 0 spiro atoms. The first-order valence-corrected chi connectivity index (χ1v) is 16.8. The van der Waals surface area contributed by atoms with E-state index < -0.39 is 39.4 Å². The molecule has 238 valence electrons. The van der Waals surface area contributed by atoms with Crippen LogP contribution in [0.4, 0.5) is 10.5 Å². The zero-order chi connectivity index (χ0) is 32.5. The summed E-state index contributed by atoms with van der Waals surface area (Å²) in [5, 5.41) is 3.02. The molecule has 0 fully saturated rings. The van der Waals surface area contributed by atoms with Crippen molar-refractivity contribution in [3.8, 4) is 0 Å². The molecule has 0 bridgehead atoms. The number of nitrogens with one attached hydrogen (secondary N) is 1. The van der Waals surface area contributed by atoms with Gasteiger partial charge in [-0.1, -0.05) is 54.1 Å². The van der Waals surface area contributed by atoms with Crippen molar-refractivity contribution in [3.05, 3.63) is 93.5 Å². The number of halogens is 1. The van der Waals surface area contributed by atoms with Crippen LogP contribution in [-0.2, 0) is 50.1 Å². The first kappa shape index (κ1) is 32.3. The highest BCUT2D eigenvalue weighted by Crippen LogP contribution is 2.41. The van der Waals surface area contributed by atoms with E-state index in [0.717, 1.165) is 28.6 Å². The summed E-state index contributed by atoms with van der Waals surface area (Å²) < 4.78 is 35.5. The number of carbonyl (C=O) groups is 3. The van der Waals surface area contributed by atoms with Crippen LogP contribution in [0.5, 0.6) is 0 Å². The zero-order valence-corrected chi connectivity index (χ0v) is 27.2. The summed E-state index contributed by atoms with van der Waals surface area (Å²) in [6.45, 7) is 6.60. The average Bonchev–Trinajstić information content (AvgIpc) is 3.39. The Morgan fingerprint density at radius 1 is 1.02 bits per heavy atom. The lowest BCUT2D eigenvalue weighted by Gasteiger charge is -2.37. The largest absolute Gasteiger partial charge is 0.459 e. The van der Waals surface area contributed by atoms with Gasteiger partial charge in [0, 0.05) is 24.9 Å². The second kappa shape index (κ2) is 12.7. The molecular formula is C33H36ClN3O7S. The summed E-state index contributed by atoms with van der Waals surface area (Å²) in [6.07, 6.45) is 1.19. The Hall–Kier alpha value is -4.09. The van der Waals surface area contributed by atoms with Crippen molar-refractivity contribution >= 4 is 45.1 Å². The highest BCUT2D eigenvalue weighted by molar-refractivity contribution is 7.90. The van der Waals surface area contributed by atoms with Crippen molar-refractivity contribution < 1.29 is 32.3 Å². The maximum Gasteiger partial charge on any atom is 0.412 e. The number of amides is 2. The highest BCUT2D eigenvalue weighted by Gasteiger charge is 2.37. The minimum absolute atomic E-state index is 0.00239. The van der Waals surface area contributed by atoms with E-state index in [4.69, 9.17) is 21.1 Å². The quantitative estimate of drug-likeness (QED) is 0.341. The van der Waals surface area contributed by atoms with Crippen molar-refractivity contribution in [3.63, 3.8) is 0 Å². The van der Waals surface area contributed by atoms with Gasteiger partial charge in [-0.25, -0.2) is 18.0 Å². The third-order valence-electron chi connectivity index (χ3n) is 7.54. The molecule has 0 radical (unpaired) electrons. The maximum absolute atomic E-state index is 13.9. The fourth-order valence-electron chi connectivity index (χ4n) is 5.56. The van der Waals surface area contributed by atoms with Crippen LogP contribution in [-0.4, -0.2) is 62.4 Å². The molecule has 0 saturated heterocycles. The van der Waals surface area contributed by atoms with Gasteiger partial charge in [-0.15, -0.1) is 0 Å². The third-order valence-corrected chi connectivity index (χ3v) is 8.95. The van der Waals surface area contributed by atoms with Gasteiger partial charge in [0.1, 0.15) is 18.2 Å². The lowest BCUT2D eigenvalue weighted by atomic mass is 9.98. The van der Waals surface area contributed by atoms with E-state index in [2.05, 4.69) is 5.32 Å². The molecule has 10 nitrogen and oxygen atoms in total. The SMILES string of the molecule is CC(C)(C)OC(=O)N1Cc2cc(Cl)c(C(=O)NC(Cc3cccc(S(C)(=O)=O)c3)C(=O)OCc3ccccc3)c3c2N(CC3)C1. The molecule has 2 heterocycles. The Kier molecular flexibility index (Phi) is 9.14. The minimum Gasteiger partial charge on any atom is -0.459 e. The number of hydrogen-bond donors (Lipinski definition) is 1. The number of benzene rings is 3. The lowest BCUT2D eigenvalue weighted by molar-refractivity contribution is -0.147. The highest BCUT2D eigenvalue weighted by atomic mass is 35.5. The molecule has 1 atom stereocenters. The van der Waals surface area contributed by atoms with Crippen LogP contribution in [0.2, 0.25) is 5.02 Å². The Morgan fingerprint density at radius 2 is 1.73 bits per heavy atom. The molecule has 3 aromatic rings. The molecule has 2 aliphatic heterocycles. The number of ether oxygens (including phenoxy) is 2. The topological polar surface area (TPSA) is 122 Å². The van der Waals surface area contributed by atoms with E-state index in [-0.39, 0.29) is 35.1 Å². The molecule has 0 aromatic heterocycles. The van der Waals surface area contributed by atoms with Crippen molar-refractivity contribution in [2.75, 3.05) is 24.4 Å². The van der Waals surface area contributed by atoms with Crippen molar-refractivity contribution in [1.29, 1.82) is 0 Å². The smallest absolute Gasteiger partial charge is 0.412 e. The average molecular weight is 654 g/mol. The first-order valence-electron chi connectivity index (χ1n) is 14.6.